The Hall–Kier alpha value is -3.03. The van der Waals surface area contributed by atoms with Gasteiger partial charge in [0.2, 0.25) is 0 Å². The SMILES string of the molecule is Cc1nn(C)c(=O)c(C(=O)Nc2cnc3onc(C)c3c2)c1C. The first-order valence-corrected chi connectivity index (χ1v) is 6.96. The molecule has 23 heavy (non-hydrogen) atoms. The van der Waals surface area contributed by atoms with Gasteiger partial charge in [-0.2, -0.15) is 5.10 Å². The number of carbonyl (C=O) groups is 1. The third-order valence-electron chi connectivity index (χ3n) is 3.72. The van der Waals surface area contributed by atoms with E-state index < -0.39 is 11.5 Å². The molecule has 8 heteroatoms. The number of hydrogen-bond donors (Lipinski definition) is 1. The fraction of sp³-hybridized carbons (Fsp3) is 0.267. The van der Waals surface area contributed by atoms with Crippen LogP contribution in [0.1, 0.15) is 27.3 Å². The molecule has 0 aliphatic carbocycles. The molecule has 118 valence electrons. The van der Waals surface area contributed by atoms with Crippen LogP contribution >= 0.6 is 0 Å². The highest BCUT2D eigenvalue weighted by Crippen LogP contribution is 2.20. The Morgan fingerprint density at radius 2 is 2.00 bits per heavy atom. The molecule has 3 aromatic rings. The van der Waals surface area contributed by atoms with Crippen molar-refractivity contribution in [3.05, 3.63) is 45.1 Å². The smallest absolute Gasteiger partial charge is 0.279 e. The van der Waals surface area contributed by atoms with Gasteiger partial charge in [0.25, 0.3) is 17.2 Å². The van der Waals surface area contributed by atoms with Gasteiger partial charge in [-0.25, -0.2) is 9.67 Å². The summed E-state index contributed by atoms with van der Waals surface area (Å²) in [6.07, 6.45) is 1.46. The molecule has 0 aromatic carbocycles. The van der Waals surface area contributed by atoms with Gasteiger partial charge in [0.15, 0.2) is 0 Å². The van der Waals surface area contributed by atoms with Crippen molar-refractivity contribution >= 4 is 22.7 Å². The number of aryl methyl sites for hydroxylation is 3. The van der Waals surface area contributed by atoms with Crippen LogP contribution in [0.2, 0.25) is 0 Å². The standard InChI is InChI=1S/C15H15N5O3/c1-7-8(2)18-20(4)15(22)12(7)13(21)17-10-5-11-9(3)19-23-14(11)16-6-10/h5-6H,1-4H3,(H,17,21). The van der Waals surface area contributed by atoms with Crippen molar-refractivity contribution in [3.8, 4) is 0 Å². The summed E-state index contributed by atoms with van der Waals surface area (Å²) in [5.74, 6) is -0.496. The average Bonchev–Trinajstić information content (AvgIpc) is 2.87. The van der Waals surface area contributed by atoms with Crippen molar-refractivity contribution in [1.82, 2.24) is 19.9 Å². The van der Waals surface area contributed by atoms with Gasteiger partial charge < -0.3 is 9.84 Å². The molecular weight excluding hydrogens is 298 g/mol. The quantitative estimate of drug-likeness (QED) is 0.769. The number of anilines is 1. The Morgan fingerprint density at radius 3 is 2.74 bits per heavy atom. The maximum Gasteiger partial charge on any atom is 0.279 e. The van der Waals surface area contributed by atoms with Crippen LogP contribution in [-0.2, 0) is 7.05 Å². The lowest BCUT2D eigenvalue weighted by atomic mass is 10.1. The number of aromatic nitrogens is 4. The highest BCUT2D eigenvalue weighted by Gasteiger charge is 2.18. The minimum atomic E-state index is -0.496. The molecule has 0 spiro atoms. The van der Waals surface area contributed by atoms with E-state index in [0.29, 0.717) is 33.7 Å². The zero-order valence-corrected chi connectivity index (χ0v) is 13.2. The van der Waals surface area contributed by atoms with E-state index in [1.54, 1.807) is 26.8 Å². The normalized spacial score (nSPS) is 11.0. The molecule has 0 aliphatic heterocycles. The number of nitrogens with zero attached hydrogens (tertiary/aromatic N) is 4. The van der Waals surface area contributed by atoms with Gasteiger partial charge in [-0.3, -0.25) is 9.59 Å². The lowest BCUT2D eigenvalue weighted by Crippen LogP contribution is -2.31. The predicted octanol–water partition coefficient (Wildman–Crippen LogP) is 1.49. The maximum atomic E-state index is 12.5. The van der Waals surface area contributed by atoms with Crippen LogP contribution in [0, 0.1) is 20.8 Å². The summed E-state index contributed by atoms with van der Waals surface area (Å²) in [5.41, 5.74) is 2.34. The number of hydrogen-bond acceptors (Lipinski definition) is 6. The molecular formula is C15H15N5O3. The van der Waals surface area contributed by atoms with Gasteiger partial charge in [-0.15, -0.1) is 0 Å². The Balaban J connectivity index is 2.01. The monoisotopic (exact) mass is 313 g/mol. The van der Waals surface area contributed by atoms with E-state index in [0.717, 1.165) is 4.68 Å². The van der Waals surface area contributed by atoms with Gasteiger partial charge in [0.05, 0.1) is 28.7 Å². The summed E-state index contributed by atoms with van der Waals surface area (Å²) in [4.78, 5) is 28.8. The third-order valence-corrected chi connectivity index (χ3v) is 3.72. The van der Waals surface area contributed by atoms with Crippen LogP contribution in [-0.4, -0.2) is 25.8 Å². The zero-order valence-electron chi connectivity index (χ0n) is 13.2. The van der Waals surface area contributed by atoms with Crippen LogP contribution in [0.4, 0.5) is 5.69 Å². The second-order valence-electron chi connectivity index (χ2n) is 5.31. The van der Waals surface area contributed by atoms with Gasteiger partial charge in [-0.05, 0) is 32.4 Å². The summed E-state index contributed by atoms with van der Waals surface area (Å²) in [6.45, 7) is 5.23. The maximum absolute atomic E-state index is 12.5. The molecule has 0 radical (unpaired) electrons. The van der Waals surface area contributed by atoms with Gasteiger partial charge >= 0.3 is 0 Å². The van der Waals surface area contributed by atoms with Gasteiger partial charge in [0, 0.05) is 7.05 Å². The van der Waals surface area contributed by atoms with E-state index in [-0.39, 0.29) is 5.56 Å². The summed E-state index contributed by atoms with van der Waals surface area (Å²) in [5, 5.41) is 11.3. The fourth-order valence-corrected chi connectivity index (χ4v) is 2.32. The number of pyridine rings is 1. The van der Waals surface area contributed by atoms with Gasteiger partial charge in [-0.1, -0.05) is 5.16 Å². The van der Waals surface area contributed by atoms with Crippen molar-refractivity contribution in [2.75, 3.05) is 5.32 Å². The number of rotatable bonds is 2. The first-order chi connectivity index (χ1) is 10.9. The van der Waals surface area contributed by atoms with E-state index in [1.807, 2.05) is 0 Å². The Morgan fingerprint density at radius 1 is 1.26 bits per heavy atom. The number of carbonyl (C=O) groups excluding carboxylic acids is 1. The largest absolute Gasteiger partial charge is 0.336 e. The molecule has 0 bridgehead atoms. The van der Waals surface area contributed by atoms with Crippen molar-refractivity contribution in [3.63, 3.8) is 0 Å². The van der Waals surface area contributed by atoms with Crippen LogP contribution in [0.15, 0.2) is 21.6 Å². The molecule has 0 fully saturated rings. The Kier molecular flexibility index (Phi) is 3.44. The number of nitrogens with one attached hydrogen (secondary N) is 1. The third kappa shape index (κ3) is 2.48. The predicted molar refractivity (Wildman–Crippen MR) is 83.4 cm³/mol. The molecule has 1 amide bonds. The molecule has 0 saturated carbocycles. The molecule has 8 nitrogen and oxygen atoms in total. The first-order valence-electron chi connectivity index (χ1n) is 6.96. The lowest BCUT2D eigenvalue weighted by molar-refractivity contribution is 0.102. The molecule has 0 unspecified atom stereocenters. The van der Waals surface area contributed by atoms with Crippen LogP contribution in [0.25, 0.3) is 11.1 Å². The molecule has 0 aliphatic rings. The Bertz CT molecular complexity index is 987. The van der Waals surface area contributed by atoms with Crippen LogP contribution in [0.5, 0.6) is 0 Å². The highest BCUT2D eigenvalue weighted by atomic mass is 16.5. The van der Waals surface area contributed by atoms with E-state index in [9.17, 15) is 9.59 Å². The lowest BCUT2D eigenvalue weighted by Gasteiger charge is -2.10. The molecule has 0 saturated heterocycles. The molecule has 0 atom stereocenters. The van der Waals surface area contributed by atoms with E-state index in [2.05, 4.69) is 20.6 Å². The van der Waals surface area contributed by atoms with E-state index >= 15 is 0 Å². The van der Waals surface area contributed by atoms with Crippen LogP contribution in [0.3, 0.4) is 0 Å². The number of fused-ring (bicyclic) bond motifs is 1. The zero-order chi connectivity index (χ0) is 16.7. The molecule has 3 heterocycles. The first kappa shape index (κ1) is 14.9. The van der Waals surface area contributed by atoms with Crippen molar-refractivity contribution in [2.24, 2.45) is 7.05 Å². The fourth-order valence-electron chi connectivity index (χ4n) is 2.32. The summed E-state index contributed by atoms with van der Waals surface area (Å²) in [6, 6.07) is 1.71. The van der Waals surface area contributed by atoms with Crippen molar-refractivity contribution in [2.45, 2.75) is 20.8 Å². The van der Waals surface area contributed by atoms with E-state index in [4.69, 9.17) is 4.52 Å². The second kappa shape index (κ2) is 5.31. The average molecular weight is 313 g/mol. The topological polar surface area (TPSA) is 103 Å². The molecule has 1 N–H and O–H groups in total. The van der Waals surface area contributed by atoms with Crippen molar-refractivity contribution < 1.29 is 9.32 Å². The molecule has 3 rings (SSSR count). The summed E-state index contributed by atoms with van der Waals surface area (Å²) < 4.78 is 6.18. The number of amides is 1. The Labute approximate surface area is 131 Å². The van der Waals surface area contributed by atoms with Crippen LogP contribution < -0.4 is 10.9 Å². The van der Waals surface area contributed by atoms with Gasteiger partial charge in [0.1, 0.15) is 5.56 Å². The second-order valence-corrected chi connectivity index (χ2v) is 5.31. The summed E-state index contributed by atoms with van der Waals surface area (Å²) in [7, 11) is 1.51. The van der Waals surface area contributed by atoms with Crippen molar-refractivity contribution in [1.29, 1.82) is 0 Å². The highest BCUT2D eigenvalue weighted by molar-refractivity contribution is 6.05. The van der Waals surface area contributed by atoms with E-state index in [1.165, 1.54) is 13.2 Å². The minimum Gasteiger partial charge on any atom is -0.336 e. The summed E-state index contributed by atoms with van der Waals surface area (Å²) >= 11 is 0. The molecule has 3 aromatic heterocycles. The minimum absolute atomic E-state index is 0.0714.